The summed E-state index contributed by atoms with van der Waals surface area (Å²) < 4.78 is 0. The lowest BCUT2D eigenvalue weighted by atomic mass is 10.00. The second kappa shape index (κ2) is 72.5. The molecule has 0 fully saturated rings. The highest BCUT2D eigenvalue weighted by atomic mass is 14.8. The Kier molecular flexibility index (Phi) is 67.7. The molecule has 0 radical (unpaired) electrons. The number of nitrogens with zero attached hydrogens (tertiary/aromatic N) is 2. The largest absolute Gasteiger partial charge is 0.252 e. The Morgan fingerprint density at radius 3 is 0.570 bits per heavy atom. The van der Waals surface area contributed by atoms with E-state index in [1.807, 2.05) is 0 Å². The highest BCUT2D eigenvalue weighted by molar-refractivity contribution is 6.43. The molecule has 540 valence electrons. The van der Waals surface area contributed by atoms with Crippen LogP contribution in [0, 0.1) is 0 Å². The van der Waals surface area contributed by atoms with E-state index in [1.165, 1.54) is 472 Å². The molecule has 2 aromatic rings. The van der Waals surface area contributed by atoms with Gasteiger partial charge in [0.2, 0.25) is 0 Å². The number of rotatable bonds is 76. The van der Waals surface area contributed by atoms with Gasteiger partial charge in [-0.25, -0.2) is 0 Å². The maximum Gasteiger partial charge on any atom is 0.0636 e. The van der Waals surface area contributed by atoms with Gasteiger partial charge in [0.25, 0.3) is 0 Å². The average molecular weight is 1290 g/mol. The van der Waals surface area contributed by atoms with Gasteiger partial charge in [0.05, 0.1) is 22.8 Å². The fraction of sp³-hybridized carbons (Fsp3) is 0.846. The van der Waals surface area contributed by atoms with Crippen molar-refractivity contribution in [2.75, 3.05) is 0 Å². The van der Waals surface area contributed by atoms with Crippen LogP contribution in [0.15, 0.2) is 58.5 Å². The van der Waals surface area contributed by atoms with Crippen molar-refractivity contribution in [3.8, 4) is 0 Å². The van der Waals surface area contributed by atoms with Crippen LogP contribution in [0.5, 0.6) is 0 Å². The van der Waals surface area contributed by atoms with Gasteiger partial charge >= 0.3 is 0 Å². The molecule has 0 heterocycles. The van der Waals surface area contributed by atoms with Gasteiger partial charge in [-0.15, -0.1) is 0 Å². The summed E-state index contributed by atoms with van der Waals surface area (Å²) in [6, 6.07) is 18.6. The minimum Gasteiger partial charge on any atom is -0.252 e. The van der Waals surface area contributed by atoms with Crippen LogP contribution >= 0.6 is 0 Å². The summed E-state index contributed by atoms with van der Waals surface area (Å²) in [5.74, 6) is 0. The lowest BCUT2D eigenvalue weighted by molar-refractivity contribution is 0.518. The van der Waals surface area contributed by atoms with Crippen LogP contribution in [-0.4, -0.2) is 11.4 Å². The summed E-state index contributed by atoms with van der Waals surface area (Å²) >= 11 is 0. The molecule has 0 saturated carbocycles. The Morgan fingerprint density at radius 2 is 0.366 bits per heavy atom. The lowest BCUT2D eigenvalue weighted by Gasteiger charge is -2.12. The number of aryl methyl sites for hydroxylation is 2. The number of aliphatic imine (C=N–C) groups is 2. The Bertz CT molecular complexity index is 1840. The van der Waals surface area contributed by atoms with Crippen molar-refractivity contribution in [1.82, 2.24) is 0 Å². The van der Waals surface area contributed by atoms with Crippen molar-refractivity contribution in [3.63, 3.8) is 0 Å². The van der Waals surface area contributed by atoms with Crippen LogP contribution in [0.3, 0.4) is 0 Å². The third-order valence-corrected chi connectivity index (χ3v) is 21.1. The van der Waals surface area contributed by atoms with E-state index in [1.54, 1.807) is 0 Å². The fourth-order valence-corrected chi connectivity index (χ4v) is 14.7. The number of hydrogen-bond donors (Lipinski definition) is 0. The van der Waals surface area contributed by atoms with Gasteiger partial charge in [-0.1, -0.05) is 469 Å². The van der Waals surface area contributed by atoms with Crippen molar-refractivity contribution in [1.29, 1.82) is 0 Å². The quantitative estimate of drug-likeness (QED) is 0.0466. The fourth-order valence-electron chi connectivity index (χ4n) is 14.7. The van der Waals surface area contributed by atoms with Gasteiger partial charge < -0.3 is 0 Å². The molecule has 93 heavy (non-hydrogen) atoms. The highest BCUT2D eigenvalue weighted by Gasteiger charge is 2.12. The van der Waals surface area contributed by atoms with E-state index < -0.39 is 0 Å². The second-order valence-electron chi connectivity index (χ2n) is 30.4. The van der Waals surface area contributed by atoms with E-state index in [0.717, 1.165) is 30.6 Å². The van der Waals surface area contributed by atoms with Crippen molar-refractivity contribution in [2.24, 2.45) is 9.98 Å². The van der Waals surface area contributed by atoms with Crippen LogP contribution in [0.4, 0.5) is 11.4 Å². The Morgan fingerprint density at radius 1 is 0.194 bits per heavy atom. The van der Waals surface area contributed by atoms with Crippen LogP contribution in [-0.2, 0) is 12.8 Å². The van der Waals surface area contributed by atoms with Crippen molar-refractivity contribution < 1.29 is 0 Å². The summed E-state index contributed by atoms with van der Waals surface area (Å²) in [6.07, 6.45) is 103. The first-order chi connectivity index (χ1) is 46.2. The van der Waals surface area contributed by atoms with Crippen molar-refractivity contribution in [2.45, 2.75) is 496 Å². The van der Waals surface area contributed by atoms with E-state index in [2.05, 4.69) is 76.2 Å². The van der Waals surface area contributed by atoms with Gasteiger partial charge in [0, 0.05) is 0 Å². The first-order valence-corrected chi connectivity index (χ1v) is 43.5. The van der Waals surface area contributed by atoms with E-state index in [9.17, 15) is 0 Å². The minimum absolute atomic E-state index is 1.01. The van der Waals surface area contributed by atoms with E-state index in [0.29, 0.717) is 0 Å². The summed E-state index contributed by atoms with van der Waals surface area (Å²) in [5.41, 5.74) is 7.67. The lowest BCUT2D eigenvalue weighted by Crippen LogP contribution is -2.14. The zero-order valence-electron chi connectivity index (χ0n) is 64.1. The first-order valence-electron chi connectivity index (χ1n) is 43.5. The molecular formula is C91H166N2. The molecule has 0 aliphatic carbocycles. The highest BCUT2D eigenvalue weighted by Crippen LogP contribution is 2.26. The first kappa shape index (κ1) is 86.9. The number of hydrogen-bond acceptors (Lipinski definition) is 2. The molecule has 0 unspecified atom stereocenters. The maximum absolute atomic E-state index is 5.58. The predicted octanol–water partition coefficient (Wildman–Crippen LogP) is 33.4. The summed E-state index contributed by atoms with van der Waals surface area (Å²) in [5, 5.41) is 0. The smallest absolute Gasteiger partial charge is 0.0636 e. The van der Waals surface area contributed by atoms with E-state index in [-0.39, 0.29) is 0 Å². The van der Waals surface area contributed by atoms with Crippen LogP contribution in [0.2, 0.25) is 0 Å². The Hall–Kier alpha value is -2.22. The van der Waals surface area contributed by atoms with Crippen LogP contribution < -0.4 is 0 Å². The molecule has 2 aromatic carbocycles. The molecular weight excluding hydrogens is 1120 g/mol. The topological polar surface area (TPSA) is 24.7 Å². The number of benzene rings is 2. The maximum atomic E-state index is 5.58. The molecule has 0 aliphatic rings. The van der Waals surface area contributed by atoms with Crippen molar-refractivity contribution >= 4 is 22.8 Å². The zero-order chi connectivity index (χ0) is 66.2. The molecule has 0 bridgehead atoms. The Labute approximate surface area is 585 Å². The van der Waals surface area contributed by atoms with E-state index in [4.69, 9.17) is 9.98 Å². The zero-order valence-corrected chi connectivity index (χ0v) is 64.1. The molecule has 2 heteroatoms. The van der Waals surface area contributed by atoms with Gasteiger partial charge in [0.15, 0.2) is 0 Å². The molecule has 2 nitrogen and oxygen atoms in total. The Balaban J connectivity index is 1.78. The molecule has 0 aromatic heterocycles. The summed E-state index contributed by atoms with van der Waals surface area (Å²) in [6.45, 7) is 9.29. The number of unbranched alkanes of at least 4 members (excludes halogenated alkanes) is 65. The molecule has 2 rings (SSSR count). The normalized spacial score (nSPS) is 12.1. The summed E-state index contributed by atoms with van der Waals surface area (Å²) in [7, 11) is 0. The average Bonchev–Trinajstić information content (AvgIpc) is 1.19. The molecule has 0 spiro atoms. The van der Waals surface area contributed by atoms with Gasteiger partial charge in [-0.2, -0.15) is 0 Å². The minimum atomic E-state index is 1.01. The molecule has 0 N–H and O–H groups in total. The molecule has 0 amide bonds. The van der Waals surface area contributed by atoms with Crippen LogP contribution in [0.1, 0.15) is 495 Å². The van der Waals surface area contributed by atoms with Crippen LogP contribution in [0.25, 0.3) is 0 Å². The third kappa shape index (κ3) is 60.7. The van der Waals surface area contributed by atoms with Crippen molar-refractivity contribution in [3.05, 3.63) is 59.7 Å². The van der Waals surface area contributed by atoms with E-state index >= 15 is 0 Å². The van der Waals surface area contributed by atoms with Gasteiger partial charge in [0.1, 0.15) is 0 Å². The third-order valence-electron chi connectivity index (χ3n) is 21.1. The second-order valence-corrected chi connectivity index (χ2v) is 30.4. The predicted molar refractivity (Wildman–Crippen MR) is 425 cm³/mol. The molecule has 0 aliphatic heterocycles. The standard InChI is InChI=1S/C91H166N2/c1-5-9-13-16-19-22-25-28-31-34-37-40-42-45-47-50-53-56-59-62-65-68-71-76-86-78-74-80-88(84-86)92-90(82-12-8-4)91(83-73-70-67-64-61-58-55-52-49-44-39-36-33-30-27-24-21-18-15-11-7-3)93-89-81-75-79-87(85-89)77-72-69-66-63-60-57-54-51-48-46-43-41-38-35-32-29-26-23-20-17-14-10-6-2/h74-75,78-81,84-85H,5-73,76-77,82-83H2,1-4H3. The SMILES string of the molecule is CCCCCCCCCCCCCCCCCCCCCCCCCc1cccc(N=C(CCCC)C(CCCCCCCCCCCCCCCCCCCCCCC)=Nc2cccc(CCCCCCCCCCCCCCCCCCCCCCCCC)c2)c1. The van der Waals surface area contributed by atoms with Gasteiger partial charge in [-0.3, -0.25) is 9.98 Å². The van der Waals surface area contributed by atoms with Gasteiger partial charge in [-0.05, 0) is 86.8 Å². The molecule has 0 atom stereocenters. The molecule has 0 saturated heterocycles. The summed E-state index contributed by atoms with van der Waals surface area (Å²) in [4.78, 5) is 11.1. The monoisotopic (exact) mass is 1290 g/mol.